The number of ether oxygens (including phenoxy) is 1. The van der Waals surface area contributed by atoms with E-state index in [9.17, 15) is 10.1 Å². The van der Waals surface area contributed by atoms with Crippen molar-refractivity contribution in [2.45, 2.75) is 69.6 Å². The van der Waals surface area contributed by atoms with Crippen molar-refractivity contribution in [3.05, 3.63) is 51.1 Å². The fraction of sp³-hybridized carbons (Fsp3) is 0.545. The molecule has 2 aromatic heterocycles. The third kappa shape index (κ3) is 3.77. The molecule has 29 heavy (non-hydrogen) atoms. The van der Waals surface area contributed by atoms with Crippen molar-refractivity contribution in [1.82, 2.24) is 14.8 Å². The number of nitrogens with one attached hydrogen (secondary N) is 1. The van der Waals surface area contributed by atoms with E-state index in [1.807, 2.05) is 12.1 Å². The number of hydrogen-bond donors (Lipinski definition) is 1. The molecule has 7 nitrogen and oxygen atoms in total. The Balaban J connectivity index is 1.28. The first-order valence-electron chi connectivity index (χ1n) is 10.6. The molecule has 1 aliphatic heterocycles. The summed E-state index contributed by atoms with van der Waals surface area (Å²) in [5, 5.41) is 17.7. The molecule has 2 fully saturated rings. The first-order valence-corrected chi connectivity index (χ1v) is 10.6. The summed E-state index contributed by atoms with van der Waals surface area (Å²) in [6.45, 7) is 1.21. The van der Waals surface area contributed by atoms with Crippen molar-refractivity contribution in [2.24, 2.45) is 0 Å². The number of rotatable bonds is 4. The highest BCUT2D eigenvalue weighted by molar-refractivity contribution is 5.55. The van der Waals surface area contributed by atoms with Gasteiger partial charge in [-0.2, -0.15) is 10.4 Å². The number of hydrogen-bond acceptors (Lipinski definition) is 6. The summed E-state index contributed by atoms with van der Waals surface area (Å²) in [6, 6.07) is 8.14. The Morgan fingerprint density at radius 2 is 2.00 bits per heavy atom. The van der Waals surface area contributed by atoms with Gasteiger partial charge in [0, 0.05) is 30.0 Å². The maximum Gasteiger partial charge on any atom is 0.267 e. The van der Waals surface area contributed by atoms with Gasteiger partial charge in [0.1, 0.15) is 11.9 Å². The smallest absolute Gasteiger partial charge is 0.267 e. The third-order valence-corrected chi connectivity index (χ3v) is 6.28. The van der Waals surface area contributed by atoms with Gasteiger partial charge in [-0.05, 0) is 50.7 Å². The average molecular weight is 391 g/mol. The second-order valence-electron chi connectivity index (χ2n) is 8.37. The summed E-state index contributed by atoms with van der Waals surface area (Å²) in [4.78, 5) is 17.1. The zero-order valence-corrected chi connectivity index (χ0v) is 16.4. The maximum absolute atomic E-state index is 12.3. The van der Waals surface area contributed by atoms with Gasteiger partial charge in [-0.1, -0.05) is 0 Å². The molecule has 0 aromatic carbocycles. The lowest BCUT2D eigenvalue weighted by Gasteiger charge is -2.30. The zero-order valence-electron chi connectivity index (χ0n) is 16.4. The summed E-state index contributed by atoms with van der Waals surface area (Å²) < 4.78 is 7.18. The minimum Gasteiger partial charge on any atom is -0.376 e. The molecule has 2 aliphatic carbocycles. The van der Waals surface area contributed by atoms with Crippen LogP contribution in [0.5, 0.6) is 0 Å². The largest absolute Gasteiger partial charge is 0.376 e. The monoisotopic (exact) mass is 391 g/mol. The summed E-state index contributed by atoms with van der Waals surface area (Å²) in [5.74, 6) is 1.23. The van der Waals surface area contributed by atoms with Crippen LogP contribution >= 0.6 is 0 Å². The normalized spacial score (nSPS) is 23.8. The van der Waals surface area contributed by atoms with Gasteiger partial charge in [-0.15, -0.1) is 0 Å². The SMILES string of the molecule is N#Cc1cc2c(nc1NC1CCC(n3nc(C4CC4)ccc3=O)CC1)CCOC2. The van der Waals surface area contributed by atoms with Crippen LogP contribution in [0.3, 0.4) is 0 Å². The van der Waals surface area contributed by atoms with Gasteiger partial charge in [-0.3, -0.25) is 4.79 Å². The van der Waals surface area contributed by atoms with Crippen LogP contribution in [0.15, 0.2) is 23.0 Å². The van der Waals surface area contributed by atoms with Gasteiger partial charge < -0.3 is 10.1 Å². The van der Waals surface area contributed by atoms with E-state index in [-0.39, 0.29) is 17.6 Å². The summed E-state index contributed by atoms with van der Waals surface area (Å²) in [5.41, 5.74) is 3.68. The molecule has 1 N–H and O–H groups in total. The number of nitrogens with zero attached hydrogens (tertiary/aromatic N) is 4. The zero-order chi connectivity index (χ0) is 19.8. The van der Waals surface area contributed by atoms with E-state index in [1.54, 1.807) is 10.7 Å². The molecule has 0 spiro atoms. The van der Waals surface area contributed by atoms with Crippen LogP contribution in [0, 0.1) is 11.3 Å². The predicted octanol–water partition coefficient (Wildman–Crippen LogP) is 3.06. The fourth-order valence-electron chi connectivity index (χ4n) is 4.44. The van der Waals surface area contributed by atoms with Gasteiger partial charge in [0.15, 0.2) is 0 Å². The Hall–Kier alpha value is -2.72. The quantitative estimate of drug-likeness (QED) is 0.861. The van der Waals surface area contributed by atoms with Crippen molar-refractivity contribution in [3.8, 4) is 6.07 Å². The summed E-state index contributed by atoms with van der Waals surface area (Å²) in [6.07, 6.45) is 6.82. The molecule has 5 rings (SSSR count). The first-order chi connectivity index (χ1) is 14.2. The van der Waals surface area contributed by atoms with E-state index in [1.165, 1.54) is 12.8 Å². The molecule has 3 heterocycles. The minimum absolute atomic E-state index is 0.00357. The minimum atomic E-state index is -0.00357. The van der Waals surface area contributed by atoms with Crippen LogP contribution in [-0.2, 0) is 17.8 Å². The van der Waals surface area contributed by atoms with Gasteiger partial charge in [-0.25, -0.2) is 9.67 Å². The molecule has 2 aromatic rings. The highest BCUT2D eigenvalue weighted by Crippen LogP contribution is 2.39. The Kier molecular flexibility index (Phi) is 4.80. The number of anilines is 1. The number of fused-ring (bicyclic) bond motifs is 1. The van der Waals surface area contributed by atoms with E-state index in [0.717, 1.165) is 49.1 Å². The number of aromatic nitrogens is 3. The topological polar surface area (TPSA) is 92.8 Å². The Morgan fingerprint density at radius 3 is 2.76 bits per heavy atom. The lowest BCUT2D eigenvalue weighted by Crippen LogP contribution is -2.34. The molecule has 7 heteroatoms. The van der Waals surface area contributed by atoms with Crippen molar-refractivity contribution in [3.63, 3.8) is 0 Å². The number of pyridine rings is 1. The van der Waals surface area contributed by atoms with Crippen molar-refractivity contribution >= 4 is 5.82 Å². The van der Waals surface area contributed by atoms with Crippen LogP contribution in [-0.4, -0.2) is 27.4 Å². The lowest BCUT2D eigenvalue weighted by molar-refractivity contribution is 0.109. The molecule has 0 radical (unpaired) electrons. The molecule has 150 valence electrons. The molecule has 0 saturated heterocycles. The predicted molar refractivity (Wildman–Crippen MR) is 108 cm³/mol. The maximum atomic E-state index is 12.3. The molecule has 3 aliphatic rings. The van der Waals surface area contributed by atoms with E-state index < -0.39 is 0 Å². The average Bonchev–Trinajstić information content (AvgIpc) is 3.60. The summed E-state index contributed by atoms with van der Waals surface area (Å²) >= 11 is 0. The second-order valence-corrected chi connectivity index (χ2v) is 8.37. The Labute approximate surface area is 169 Å². The van der Waals surface area contributed by atoms with Crippen LogP contribution in [0.4, 0.5) is 5.82 Å². The van der Waals surface area contributed by atoms with Gasteiger partial charge >= 0.3 is 0 Å². The Morgan fingerprint density at radius 1 is 1.17 bits per heavy atom. The molecule has 0 bridgehead atoms. The van der Waals surface area contributed by atoms with Crippen molar-refractivity contribution in [1.29, 1.82) is 5.26 Å². The van der Waals surface area contributed by atoms with Crippen LogP contribution in [0.25, 0.3) is 0 Å². The first kappa shape index (κ1) is 18.3. The molecular weight excluding hydrogens is 366 g/mol. The standard InChI is InChI=1S/C22H25N5O2/c23-12-15-11-16-13-29-10-9-19(16)25-22(15)24-17-3-5-18(6-4-17)27-21(28)8-7-20(26-27)14-1-2-14/h7-8,11,14,17-18H,1-6,9-10,13H2,(H,24,25). The second kappa shape index (κ2) is 7.60. The summed E-state index contributed by atoms with van der Waals surface area (Å²) in [7, 11) is 0. The molecule has 0 atom stereocenters. The van der Waals surface area contributed by atoms with Gasteiger partial charge in [0.2, 0.25) is 0 Å². The van der Waals surface area contributed by atoms with Gasteiger partial charge in [0.25, 0.3) is 5.56 Å². The molecule has 2 saturated carbocycles. The van der Waals surface area contributed by atoms with E-state index in [0.29, 0.717) is 30.5 Å². The highest BCUT2D eigenvalue weighted by Gasteiger charge is 2.28. The van der Waals surface area contributed by atoms with E-state index in [2.05, 4.69) is 16.5 Å². The lowest BCUT2D eigenvalue weighted by atomic mass is 9.91. The van der Waals surface area contributed by atoms with Crippen LogP contribution in [0.1, 0.15) is 73.0 Å². The van der Waals surface area contributed by atoms with E-state index in [4.69, 9.17) is 9.72 Å². The molecule has 0 amide bonds. The van der Waals surface area contributed by atoms with Crippen molar-refractivity contribution < 1.29 is 4.74 Å². The number of nitriles is 1. The third-order valence-electron chi connectivity index (χ3n) is 6.28. The van der Waals surface area contributed by atoms with Crippen LogP contribution in [0.2, 0.25) is 0 Å². The fourth-order valence-corrected chi connectivity index (χ4v) is 4.44. The van der Waals surface area contributed by atoms with E-state index >= 15 is 0 Å². The molecule has 0 unspecified atom stereocenters. The molecular formula is C22H25N5O2. The highest BCUT2D eigenvalue weighted by atomic mass is 16.5. The van der Waals surface area contributed by atoms with Crippen LogP contribution < -0.4 is 10.9 Å². The van der Waals surface area contributed by atoms with Crippen molar-refractivity contribution in [2.75, 3.05) is 11.9 Å². The Bertz CT molecular complexity index is 1010. The van der Waals surface area contributed by atoms with Gasteiger partial charge in [0.05, 0.1) is 36.2 Å².